The highest BCUT2D eigenvalue weighted by atomic mass is 16.5. The van der Waals surface area contributed by atoms with Crippen molar-refractivity contribution in [3.8, 4) is 0 Å². The van der Waals surface area contributed by atoms with Crippen LogP contribution in [-0.2, 0) is 9.53 Å². The second-order valence-electron chi connectivity index (χ2n) is 6.01. The molecule has 112 valence electrons. The number of unbranched alkanes of at least 4 members (excludes halogenated alkanes) is 1. The minimum absolute atomic E-state index is 0.0776. The third kappa shape index (κ3) is 6.79. The predicted octanol–water partition coefficient (Wildman–Crippen LogP) is 5.13. The standard InChI is InChI=1S/C17H32O2/c1-7-10-11-15(8-2)13-19-16(18)17(6,9-3)12-14(4)5/h12,15H,7-11,13H2,1-6H3. The van der Waals surface area contributed by atoms with Crippen LogP contribution in [0.3, 0.4) is 0 Å². The van der Waals surface area contributed by atoms with Crippen molar-refractivity contribution in [2.45, 2.75) is 73.6 Å². The van der Waals surface area contributed by atoms with Crippen molar-refractivity contribution >= 4 is 5.97 Å². The fourth-order valence-corrected chi connectivity index (χ4v) is 2.20. The van der Waals surface area contributed by atoms with E-state index in [1.165, 1.54) is 18.4 Å². The summed E-state index contributed by atoms with van der Waals surface area (Å²) >= 11 is 0. The molecular formula is C17H32O2. The minimum atomic E-state index is -0.470. The summed E-state index contributed by atoms with van der Waals surface area (Å²) in [5.74, 6) is 0.433. The summed E-state index contributed by atoms with van der Waals surface area (Å²) in [6.07, 6.45) is 7.47. The number of esters is 1. The molecule has 0 aromatic heterocycles. The Morgan fingerprint density at radius 1 is 1.26 bits per heavy atom. The monoisotopic (exact) mass is 268 g/mol. The fraction of sp³-hybridized carbons (Fsp3) is 0.824. The molecule has 0 spiro atoms. The summed E-state index contributed by atoms with van der Waals surface area (Å²) in [6, 6.07) is 0. The number of hydrogen-bond donors (Lipinski definition) is 0. The molecule has 0 amide bonds. The maximum Gasteiger partial charge on any atom is 0.315 e. The van der Waals surface area contributed by atoms with Crippen LogP contribution in [0, 0.1) is 11.3 Å². The van der Waals surface area contributed by atoms with E-state index in [1.807, 2.05) is 33.8 Å². The van der Waals surface area contributed by atoms with Gasteiger partial charge in [-0.1, -0.05) is 51.7 Å². The zero-order valence-electron chi connectivity index (χ0n) is 13.7. The zero-order chi connectivity index (χ0) is 14.9. The van der Waals surface area contributed by atoms with Crippen LogP contribution in [0.2, 0.25) is 0 Å². The van der Waals surface area contributed by atoms with Crippen LogP contribution in [0.5, 0.6) is 0 Å². The molecule has 2 atom stereocenters. The first-order valence-electron chi connectivity index (χ1n) is 7.72. The van der Waals surface area contributed by atoms with E-state index in [2.05, 4.69) is 13.8 Å². The zero-order valence-corrected chi connectivity index (χ0v) is 13.7. The van der Waals surface area contributed by atoms with Gasteiger partial charge in [-0.15, -0.1) is 0 Å². The number of carbonyl (C=O) groups is 1. The van der Waals surface area contributed by atoms with Crippen LogP contribution in [0.1, 0.15) is 73.6 Å². The van der Waals surface area contributed by atoms with Crippen LogP contribution >= 0.6 is 0 Å². The lowest BCUT2D eigenvalue weighted by molar-refractivity contribution is -0.153. The predicted molar refractivity (Wildman–Crippen MR) is 82.1 cm³/mol. The van der Waals surface area contributed by atoms with Crippen molar-refractivity contribution in [1.29, 1.82) is 0 Å². The quantitative estimate of drug-likeness (QED) is 0.428. The third-order valence-electron chi connectivity index (χ3n) is 3.80. The summed E-state index contributed by atoms with van der Waals surface area (Å²) in [4.78, 5) is 12.3. The molecule has 0 aromatic carbocycles. The van der Waals surface area contributed by atoms with Gasteiger partial charge in [0.25, 0.3) is 0 Å². The van der Waals surface area contributed by atoms with Crippen LogP contribution in [0.4, 0.5) is 0 Å². The van der Waals surface area contributed by atoms with Gasteiger partial charge < -0.3 is 4.74 Å². The highest BCUT2D eigenvalue weighted by Crippen LogP contribution is 2.27. The van der Waals surface area contributed by atoms with E-state index in [1.54, 1.807) is 0 Å². The van der Waals surface area contributed by atoms with Crippen molar-refractivity contribution in [3.05, 3.63) is 11.6 Å². The molecule has 0 bridgehead atoms. The van der Waals surface area contributed by atoms with Gasteiger partial charge in [-0.3, -0.25) is 4.79 Å². The molecule has 0 N–H and O–H groups in total. The van der Waals surface area contributed by atoms with Gasteiger partial charge in [0.05, 0.1) is 12.0 Å². The molecule has 0 aliphatic carbocycles. The fourth-order valence-electron chi connectivity index (χ4n) is 2.20. The molecule has 2 unspecified atom stereocenters. The first-order chi connectivity index (χ1) is 8.89. The average molecular weight is 268 g/mol. The SMILES string of the molecule is CCCCC(CC)COC(=O)C(C)(C=C(C)C)CC. The lowest BCUT2D eigenvalue weighted by atomic mass is 9.86. The third-order valence-corrected chi connectivity index (χ3v) is 3.80. The average Bonchev–Trinajstić information content (AvgIpc) is 2.37. The number of rotatable bonds is 9. The molecule has 0 rings (SSSR count). The normalized spacial score (nSPS) is 15.5. The molecule has 0 saturated heterocycles. The summed E-state index contributed by atoms with van der Waals surface area (Å²) in [5, 5.41) is 0. The molecule has 0 aliphatic rings. The lowest BCUT2D eigenvalue weighted by Crippen LogP contribution is -2.29. The van der Waals surface area contributed by atoms with Crippen LogP contribution in [-0.4, -0.2) is 12.6 Å². The van der Waals surface area contributed by atoms with Gasteiger partial charge in [0, 0.05) is 0 Å². The summed E-state index contributed by atoms with van der Waals surface area (Å²) < 4.78 is 5.57. The molecule has 0 aliphatic heterocycles. The Morgan fingerprint density at radius 3 is 2.32 bits per heavy atom. The lowest BCUT2D eigenvalue weighted by Gasteiger charge is -2.24. The van der Waals surface area contributed by atoms with E-state index in [0.717, 1.165) is 19.3 Å². The Balaban J connectivity index is 4.45. The molecule has 2 heteroatoms. The van der Waals surface area contributed by atoms with Gasteiger partial charge in [0.15, 0.2) is 0 Å². The topological polar surface area (TPSA) is 26.3 Å². The molecule has 0 radical (unpaired) electrons. The molecule has 0 saturated carbocycles. The van der Waals surface area contributed by atoms with E-state index < -0.39 is 5.41 Å². The van der Waals surface area contributed by atoms with Crippen LogP contribution in [0.15, 0.2) is 11.6 Å². The van der Waals surface area contributed by atoms with E-state index in [0.29, 0.717) is 12.5 Å². The highest BCUT2D eigenvalue weighted by molar-refractivity contribution is 5.78. The van der Waals surface area contributed by atoms with Gasteiger partial charge in [-0.2, -0.15) is 0 Å². The summed E-state index contributed by atoms with van der Waals surface area (Å²) in [7, 11) is 0. The first-order valence-corrected chi connectivity index (χ1v) is 7.72. The van der Waals surface area contributed by atoms with Crippen LogP contribution in [0.25, 0.3) is 0 Å². The molecule has 19 heavy (non-hydrogen) atoms. The van der Waals surface area contributed by atoms with Crippen LogP contribution < -0.4 is 0 Å². The Morgan fingerprint density at radius 2 is 1.89 bits per heavy atom. The molecule has 0 fully saturated rings. The first kappa shape index (κ1) is 18.2. The highest BCUT2D eigenvalue weighted by Gasteiger charge is 2.30. The van der Waals surface area contributed by atoms with Gasteiger partial charge in [0.2, 0.25) is 0 Å². The van der Waals surface area contributed by atoms with Gasteiger partial charge in [0.1, 0.15) is 0 Å². The number of ether oxygens (including phenoxy) is 1. The van der Waals surface area contributed by atoms with Gasteiger partial charge >= 0.3 is 5.97 Å². The summed E-state index contributed by atoms with van der Waals surface area (Å²) in [6.45, 7) is 13.0. The Bertz CT molecular complexity index is 290. The van der Waals surface area contributed by atoms with Gasteiger partial charge in [-0.05, 0) is 39.5 Å². The maximum atomic E-state index is 12.3. The van der Waals surface area contributed by atoms with E-state index in [-0.39, 0.29) is 5.97 Å². The number of hydrogen-bond acceptors (Lipinski definition) is 2. The maximum absolute atomic E-state index is 12.3. The molecule has 0 aromatic rings. The minimum Gasteiger partial charge on any atom is -0.465 e. The molecule has 2 nitrogen and oxygen atoms in total. The van der Waals surface area contributed by atoms with E-state index in [9.17, 15) is 4.79 Å². The van der Waals surface area contributed by atoms with Crippen molar-refractivity contribution in [2.75, 3.05) is 6.61 Å². The molecule has 0 heterocycles. The number of allylic oxidation sites excluding steroid dienone is 1. The second-order valence-corrected chi connectivity index (χ2v) is 6.01. The molecular weight excluding hydrogens is 236 g/mol. The van der Waals surface area contributed by atoms with Gasteiger partial charge in [-0.25, -0.2) is 0 Å². The Labute approximate surface area is 119 Å². The van der Waals surface area contributed by atoms with E-state index >= 15 is 0 Å². The van der Waals surface area contributed by atoms with E-state index in [4.69, 9.17) is 4.74 Å². The smallest absolute Gasteiger partial charge is 0.315 e. The van der Waals surface area contributed by atoms with Crippen molar-refractivity contribution in [3.63, 3.8) is 0 Å². The Hall–Kier alpha value is -0.790. The van der Waals surface area contributed by atoms with Crippen molar-refractivity contribution in [2.24, 2.45) is 11.3 Å². The summed E-state index contributed by atoms with van der Waals surface area (Å²) in [5.41, 5.74) is 0.696. The largest absolute Gasteiger partial charge is 0.465 e. The Kier molecular flexibility index (Phi) is 8.79. The van der Waals surface area contributed by atoms with Crippen molar-refractivity contribution in [1.82, 2.24) is 0 Å². The number of carbonyl (C=O) groups excluding carboxylic acids is 1. The second kappa shape index (κ2) is 9.17. The van der Waals surface area contributed by atoms with Crippen molar-refractivity contribution < 1.29 is 9.53 Å².